The van der Waals surface area contributed by atoms with E-state index in [9.17, 15) is 0 Å². The lowest BCUT2D eigenvalue weighted by Crippen LogP contribution is -2.37. The van der Waals surface area contributed by atoms with Gasteiger partial charge in [0, 0.05) is 31.1 Å². The Morgan fingerprint density at radius 2 is 1.76 bits per heavy atom. The first-order chi connectivity index (χ1) is 14.3. The van der Waals surface area contributed by atoms with Gasteiger partial charge in [0.05, 0.1) is 18.2 Å². The SMILES string of the molecule is Clc1ccccc1OCc1nnc(SCCN2CCOCC2)n1-c1ccccc1. The van der Waals surface area contributed by atoms with Crippen molar-refractivity contribution in [3.8, 4) is 11.4 Å². The lowest BCUT2D eigenvalue weighted by atomic mass is 10.3. The van der Waals surface area contributed by atoms with E-state index in [0.29, 0.717) is 10.8 Å². The predicted molar refractivity (Wildman–Crippen MR) is 115 cm³/mol. The second-order valence-electron chi connectivity index (χ2n) is 6.59. The number of rotatable bonds is 8. The van der Waals surface area contributed by atoms with Crippen molar-refractivity contribution in [3.05, 3.63) is 65.4 Å². The Bertz CT molecular complexity index is 916. The summed E-state index contributed by atoms with van der Waals surface area (Å²) in [4.78, 5) is 2.42. The van der Waals surface area contributed by atoms with E-state index >= 15 is 0 Å². The van der Waals surface area contributed by atoms with Gasteiger partial charge in [-0.1, -0.05) is 53.7 Å². The summed E-state index contributed by atoms with van der Waals surface area (Å²) >= 11 is 7.92. The average molecular weight is 431 g/mol. The highest BCUT2D eigenvalue weighted by atomic mass is 35.5. The van der Waals surface area contributed by atoms with Gasteiger partial charge < -0.3 is 9.47 Å². The Labute approximate surface area is 179 Å². The molecule has 0 N–H and O–H groups in total. The quantitative estimate of drug-likeness (QED) is 0.505. The van der Waals surface area contributed by atoms with Crippen LogP contribution in [0.3, 0.4) is 0 Å². The van der Waals surface area contributed by atoms with Gasteiger partial charge in [-0.15, -0.1) is 10.2 Å². The fourth-order valence-corrected chi connectivity index (χ4v) is 4.28. The van der Waals surface area contributed by atoms with Gasteiger partial charge in [0.15, 0.2) is 11.0 Å². The molecule has 29 heavy (non-hydrogen) atoms. The first-order valence-corrected chi connectivity index (χ1v) is 11.0. The molecule has 0 radical (unpaired) electrons. The number of ether oxygens (including phenoxy) is 2. The third-order valence-electron chi connectivity index (χ3n) is 4.65. The third kappa shape index (κ3) is 5.30. The summed E-state index contributed by atoms with van der Waals surface area (Å²) in [5, 5.41) is 10.3. The van der Waals surface area contributed by atoms with Crippen molar-refractivity contribution in [1.82, 2.24) is 19.7 Å². The van der Waals surface area contributed by atoms with Gasteiger partial charge in [0.25, 0.3) is 0 Å². The molecule has 6 nitrogen and oxygen atoms in total. The second kappa shape index (κ2) is 10.1. The molecule has 1 saturated heterocycles. The maximum Gasteiger partial charge on any atom is 0.195 e. The summed E-state index contributed by atoms with van der Waals surface area (Å²) in [7, 11) is 0. The molecule has 1 aromatic heterocycles. The van der Waals surface area contributed by atoms with Crippen LogP contribution >= 0.6 is 23.4 Å². The van der Waals surface area contributed by atoms with Crippen molar-refractivity contribution >= 4 is 23.4 Å². The van der Waals surface area contributed by atoms with Crippen LogP contribution in [0.4, 0.5) is 0 Å². The van der Waals surface area contributed by atoms with E-state index in [1.807, 2.05) is 54.6 Å². The number of halogens is 1. The number of aromatic nitrogens is 3. The summed E-state index contributed by atoms with van der Waals surface area (Å²) in [6, 6.07) is 17.6. The molecule has 8 heteroatoms. The molecule has 0 spiro atoms. The Morgan fingerprint density at radius 3 is 2.55 bits per heavy atom. The highest BCUT2D eigenvalue weighted by molar-refractivity contribution is 7.99. The monoisotopic (exact) mass is 430 g/mol. The highest BCUT2D eigenvalue weighted by Gasteiger charge is 2.16. The lowest BCUT2D eigenvalue weighted by molar-refractivity contribution is 0.0410. The van der Waals surface area contributed by atoms with Crippen LogP contribution in [-0.4, -0.2) is 58.3 Å². The third-order valence-corrected chi connectivity index (χ3v) is 5.87. The van der Waals surface area contributed by atoms with Gasteiger partial charge in [0.2, 0.25) is 0 Å². The standard InChI is InChI=1S/C21H23ClN4O2S/c22-18-8-4-5-9-19(18)28-16-20-23-24-21(26(20)17-6-2-1-3-7-17)29-15-12-25-10-13-27-14-11-25/h1-9H,10-16H2. The molecule has 0 bridgehead atoms. The van der Waals surface area contributed by atoms with Gasteiger partial charge in [0.1, 0.15) is 12.4 Å². The molecule has 3 aromatic rings. The van der Waals surface area contributed by atoms with Crippen molar-refractivity contribution in [2.24, 2.45) is 0 Å². The van der Waals surface area contributed by atoms with E-state index in [-0.39, 0.29) is 6.61 Å². The van der Waals surface area contributed by atoms with E-state index in [2.05, 4.69) is 19.7 Å². The highest BCUT2D eigenvalue weighted by Crippen LogP contribution is 2.26. The second-order valence-corrected chi connectivity index (χ2v) is 8.06. The molecule has 2 heterocycles. The molecule has 0 amide bonds. The fourth-order valence-electron chi connectivity index (χ4n) is 3.12. The number of nitrogens with zero attached hydrogens (tertiary/aromatic N) is 4. The molecule has 0 atom stereocenters. The molecule has 152 valence electrons. The van der Waals surface area contributed by atoms with Crippen molar-refractivity contribution in [2.75, 3.05) is 38.6 Å². The largest absolute Gasteiger partial charge is 0.484 e. The normalized spacial score (nSPS) is 14.8. The van der Waals surface area contributed by atoms with Crippen molar-refractivity contribution in [3.63, 3.8) is 0 Å². The number of thioether (sulfide) groups is 1. The van der Waals surface area contributed by atoms with E-state index in [1.165, 1.54) is 0 Å². The number of para-hydroxylation sites is 2. The Kier molecular flexibility index (Phi) is 7.05. The van der Waals surface area contributed by atoms with Gasteiger partial charge in [-0.25, -0.2) is 0 Å². The summed E-state index contributed by atoms with van der Waals surface area (Å²) in [6.07, 6.45) is 0. The van der Waals surface area contributed by atoms with Crippen LogP contribution < -0.4 is 4.74 Å². The lowest BCUT2D eigenvalue weighted by Gasteiger charge is -2.26. The topological polar surface area (TPSA) is 52.4 Å². The van der Waals surface area contributed by atoms with Crippen molar-refractivity contribution in [2.45, 2.75) is 11.8 Å². The molecular formula is C21H23ClN4O2S. The molecular weight excluding hydrogens is 408 g/mol. The molecule has 1 fully saturated rings. The minimum atomic E-state index is 0.287. The van der Waals surface area contributed by atoms with Crippen molar-refractivity contribution in [1.29, 1.82) is 0 Å². The first-order valence-electron chi connectivity index (χ1n) is 9.61. The number of hydrogen-bond donors (Lipinski definition) is 0. The molecule has 4 rings (SSSR count). The smallest absolute Gasteiger partial charge is 0.195 e. The number of hydrogen-bond acceptors (Lipinski definition) is 6. The van der Waals surface area contributed by atoms with E-state index < -0.39 is 0 Å². The van der Waals surface area contributed by atoms with E-state index in [1.54, 1.807) is 11.8 Å². The Morgan fingerprint density at radius 1 is 1.00 bits per heavy atom. The van der Waals surface area contributed by atoms with Gasteiger partial charge in [-0.05, 0) is 24.3 Å². The summed E-state index contributed by atoms with van der Waals surface area (Å²) in [6.45, 7) is 4.89. The van der Waals surface area contributed by atoms with Gasteiger partial charge in [-0.2, -0.15) is 0 Å². The fraction of sp³-hybridized carbons (Fsp3) is 0.333. The number of benzene rings is 2. The Balaban J connectivity index is 1.48. The number of morpholine rings is 1. The average Bonchev–Trinajstić information content (AvgIpc) is 3.17. The van der Waals surface area contributed by atoms with Gasteiger partial charge in [-0.3, -0.25) is 9.47 Å². The van der Waals surface area contributed by atoms with Crippen LogP contribution in [0, 0.1) is 0 Å². The maximum absolute atomic E-state index is 6.21. The van der Waals surface area contributed by atoms with Crippen LogP contribution in [0.1, 0.15) is 5.82 Å². The molecule has 1 aliphatic rings. The molecule has 0 unspecified atom stereocenters. The molecule has 2 aromatic carbocycles. The van der Waals surface area contributed by atoms with Crippen LogP contribution in [-0.2, 0) is 11.3 Å². The minimum Gasteiger partial charge on any atom is -0.484 e. The summed E-state index contributed by atoms with van der Waals surface area (Å²) in [5.74, 6) is 2.32. The van der Waals surface area contributed by atoms with E-state index in [0.717, 1.165) is 55.3 Å². The van der Waals surface area contributed by atoms with Gasteiger partial charge >= 0.3 is 0 Å². The van der Waals surface area contributed by atoms with Crippen molar-refractivity contribution < 1.29 is 9.47 Å². The zero-order valence-electron chi connectivity index (χ0n) is 16.0. The zero-order valence-corrected chi connectivity index (χ0v) is 17.6. The van der Waals surface area contributed by atoms with Crippen LogP contribution in [0.5, 0.6) is 5.75 Å². The van der Waals surface area contributed by atoms with E-state index in [4.69, 9.17) is 21.1 Å². The van der Waals surface area contributed by atoms with Crippen LogP contribution in [0.15, 0.2) is 59.8 Å². The zero-order chi connectivity index (χ0) is 19.9. The summed E-state index contributed by atoms with van der Waals surface area (Å²) in [5.41, 5.74) is 1.02. The Hall–Kier alpha value is -2.06. The minimum absolute atomic E-state index is 0.287. The van der Waals surface area contributed by atoms with Crippen LogP contribution in [0.2, 0.25) is 5.02 Å². The molecule has 0 aliphatic carbocycles. The molecule has 1 aliphatic heterocycles. The first kappa shape index (κ1) is 20.2. The predicted octanol–water partition coefficient (Wildman–Crippen LogP) is 3.92. The summed E-state index contributed by atoms with van der Waals surface area (Å²) < 4.78 is 13.4. The maximum atomic E-state index is 6.21. The van der Waals surface area contributed by atoms with Crippen LogP contribution in [0.25, 0.3) is 5.69 Å². The molecule has 0 saturated carbocycles.